The number of rotatable bonds is 1. The first-order valence-corrected chi connectivity index (χ1v) is 8.16. The molecule has 2 aliphatic heterocycles. The molecule has 3 rings (SSSR count). The summed E-state index contributed by atoms with van der Waals surface area (Å²) in [5, 5.41) is 3.35. The molecule has 1 amide bonds. The molecule has 0 radical (unpaired) electrons. The number of hydrogen-bond acceptors (Lipinski definition) is 2. The summed E-state index contributed by atoms with van der Waals surface area (Å²) >= 11 is 0. The van der Waals surface area contributed by atoms with Gasteiger partial charge in [0.25, 0.3) is 5.91 Å². The maximum Gasteiger partial charge on any atom is 0.416 e. The summed E-state index contributed by atoms with van der Waals surface area (Å²) in [6.07, 6.45) is -0.501. The molecule has 6 heteroatoms. The highest BCUT2D eigenvalue weighted by molar-refractivity contribution is 5.94. The number of hydrogen-bond donors (Lipinski definition) is 1. The van der Waals surface area contributed by atoms with Crippen molar-refractivity contribution in [2.75, 3.05) is 19.6 Å². The Labute approximate surface area is 133 Å². The van der Waals surface area contributed by atoms with Gasteiger partial charge in [-0.2, -0.15) is 13.2 Å². The van der Waals surface area contributed by atoms with Crippen molar-refractivity contribution in [2.45, 2.75) is 37.9 Å². The van der Waals surface area contributed by atoms with Crippen LogP contribution in [0.1, 0.15) is 41.6 Å². The molecule has 0 saturated carbocycles. The lowest BCUT2D eigenvalue weighted by atomic mass is 9.89. The lowest BCUT2D eigenvalue weighted by Crippen LogP contribution is -2.51. The van der Waals surface area contributed by atoms with Gasteiger partial charge in [0.2, 0.25) is 0 Å². The SMILES string of the molecule is O=C(c1cccc(C(F)(F)F)c1)N1CCCC[C@H]2CNCC[C@H]21. The largest absolute Gasteiger partial charge is 0.416 e. The van der Waals surface area contributed by atoms with Crippen LogP contribution in [0.4, 0.5) is 13.2 Å². The van der Waals surface area contributed by atoms with E-state index in [1.54, 1.807) is 0 Å². The van der Waals surface area contributed by atoms with Crippen molar-refractivity contribution in [1.29, 1.82) is 0 Å². The summed E-state index contributed by atoms with van der Waals surface area (Å²) in [6, 6.07) is 4.92. The molecule has 0 bridgehead atoms. The fourth-order valence-corrected chi connectivity index (χ4v) is 3.71. The Morgan fingerprint density at radius 2 is 2.04 bits per heavy atom. The number of piperidine rings is 1. The number of fused-ring (bicyclic) bond motifs is 1. The Morgan fingerprint density at radius 3 is 2.83 bits per heavy atom. The average molecular weight is 326 g/mol. The molecule has 0 aliphatic carbocycles. The van der Waals surface area contributed by atoms with E-state index < -0.39 is 11.7 Å². The van der Waals surface area contributed by atoms with Crippen LogP contribution < -0.4 is 5.32 Å². The zero-order valence-electron chi connectivity index (χ0n) is 12.9. The first-order chi connectivity index (χ1) is 11.0. The molecule has 23 heavy (non-hydrogen) atoms. The van der Waals surface area contributed by atoms with Crippen LogP contribution in [0.3, 0.4) is 0 Å². The predicted molar refractivity (Wildman–Crippen MR) is 81.1 cm³/mol. The minimum absolute atomic E-state index is 0.138. The Bertz CT molecular complexity index is 573. The van der Waals surface area contributed by atoms with Crippen LogP contribution in [0.5, 0.6) is 0 Å². The van der Waals surface area contributed by atoms with Gasteiger partial charge in [0, 0.05) is 18.2 Å². The van der Waals surface area contributed by atoms with Crippen molar-refractivity contribution in [3.63, 3.8) is 0 Å². The number of benzene rings is 1. The van der Waals surface area contributed by atoms with Gasteiger partial charge < -0.3 is 10.2 Å². The van der Waals surface area contributed by atoms with Crippen LogP contribution in [-0.4, -0.2) is 36.5 Å². The summed E-state index contributed by atoms with van der Waals surface area (Å²) < 4.78 is 38.6. The summed E-state index contributed by atoms with van der Waals surface area (Å²) in [5.74, 6) is 0.135. The van der Waals surface area contributed by atoms with E-state index in [-0.39, 0.29) is 17.5 Å². The molecule has 0 spiro atoms. The third-order valence-corrected chi connectivity index (χ3v) is 4.89. The zero-order chi connectivity index (χ0) is 16.4. The predicted octanol–water partition coefficient (Wildman–Crippen LogP) is 3.31. The smallest absolute Gasteiger partial charge is 0.335 e. The van der Waals surface area contributed by atoms with Crippen LogP contribution in [-0.2, 0) is 6.18 Å². The normalized spacial score (nSPS) is 25.6. The fraction of sp³-hybridized carbons (Fsp3) is 0.588. The van der Waals surface area contributed by atoms with E-state index in [4.69, 9.17) is 0 Å². The summed E-state index contributed by atoms with van der Waals surface area (Å²) in [5.41, 5.74) is -0.626. The molecule has 1 aromatic rings. The maximum atomic E-state index is 12.9. The van der Waals surface area contributed by atoms with Gasteiger partial charge in [-0.05, 0) is 56.5 Å². The lowest BCUT2D eigenvalue weighted by Gasteiger charge is -2.38. The van der Waals surface area contributed by atoms with Gasteiger partial charge in [-0.15, -0.1) is 0 Å². The van der Waals surface area contributed by atoms with Crippen LogP contribution in [0.25, 0.3) is 0 Å². The highest BCUT2D eigenvalue weighted by Crippen LogP contribution is 2.31. The Balaban J connectivity index is 1.86. The van der Waals surface area contributed by atoms with Crippen molar-refractivity contribution in [2.24, 2.45) is 5.92 Å². The van der Waals surface area contributed by atoms with Crippen molar-refractivity contribution in [3.8, 4) is 0 Å². The second-order valence-electron chi connectivity index (χ2n) is 6.39. The number of carbonyl (C=O) groups is 1. The molecule has 2 saturated heterocycles. The average Bonchev–Trinajstić information content (AvgIpc) is 2.76. The number of nitrogens with one attached hydrogen (secondary N) is 1. The highest BCUT2D eigenvalue weighted by Gasteiger charge is 2.36. The van der Waals surface area contributed by atoms with Crippen LogP contribution in [0, 0.1) is 5.92 Å². The van der Waals surface area contributed by atoms with Gasteiger partial charge in [0.1, 0.15) is 0 Å². The first kappa shape index (κ1) is 16.3. The lowest BCUT2D eigenvalue weighted by molar-refractivity contribution is -0.137. The third kappa shape index (κ3) is 3.52. The molecular weight excluding hydrogens is 305 g/mol. The van der Waals surface area contributed by atoms with Crippen LogP contribution in [0.15, 0.2) is 24.3 Å². The minimum Gasteiger partial charge on any atom is -0.335 e. The van der Waals surface area contributed by atoms with Crippen molar-refractivity contribution < 1.29 is 18.0 Å². The van der Waals surface area contributed by atoms with E-state index in [2.05, 4.69) is 5.32 Å². The summed E-state index contributed by atoms with van der Waals surface area (Å²) in [4.78, 5) is 14.6. The highest BCUT2D eigenvalue weighted by atomic mass is 19.4. The quantitative estimate of drug-likeness (QED) is 0.859. The van der Waals surface area contributed by atoms with E-state index >= 15 is 0 Å². The van der Waals surface area contributed by atoms with E-state index in [9.17, 15) is 18.0 Å². The fourth-order valence-electron chi connectivity index (χ4n) is 3.71. The topological polar surface area (TPSA) is 32.3 Å². The van der Waals surface area contributed by atoms with Crippen molar-refractivity contribution >= 4 is 5.91 Å². The molecular formula is C17H21F3N2O. The van der Waals surface area contributed by atoms with Gasteiger partial charge in [0.15, 0.2) is 0 Å². The van der Waals surface area contributed by atoms with Crippen LogP contribution >= 0.6 is 0 Å². The summed E-state index contributed by atoms with van der Waals surface area (Å²) in [6.45, 7) is 2.38. The maximum absolute atomic E-state index is 12.9. The van der Waals surface area contributed by atoms with E-state index in [1.165, 1.54) is 12.1 Å². The van der Waals surface area contributed by atoms with E-state index in [0.717, 1.165) is 50.9 Å². The number of amides is 1. The molecule has 3 nitrogen and oxygen atoms in total. The number of likely N-dealkylation sites (tertiary alicyclic amines) is 1. The van der Waals surface area contributed by atoms with E-state index in [0.29, 0.717) is 12.5 Å². The zero-order valence-corrected chi connectivity index (χ0v) is 12.9. The van der Waals surface area contributed by atoms with Crippen molar-refractivity contribution in [1.82, 2.24) is 10.2 Å². The third-order valence-electron chi connectivity index (χ3n) is 4.89. The number of nitrogens with zero attached hydrogens (tertiary/aromatic N) is 1. The number of alkyl halides is 3. The van der Waals surface area contributed by atoms with Gasteiger partial charge >= 0.3 is 6.18 Å². The number of carbonyl (C=O) groups excluding carboxylic acids is 1. The molecule has 126 valence electrons. The Morgan fingerprint density at radius 1 is 1.22 bits per heavy atom. The molecule has 1 aromatic carbocycles. The molecule has 0 unspecified atom stereocenters. The van der Waals surface area contributed by atoms with Gasteiger partial charge in [-0.1, -0.05) is 12.5 Å². The molecule has 1 N–H and O–H groups in total. The van der Waals surface area contributed by atoms with Crippen LogP contribution in [0.2, 0.25) is 0 Å². The second-order valence-corrected chi connectivity index (χ2v) is 6.39. The molecule has 2 atom stereocenters. The second kappa shape index (κ2) is 6.51. The minimum atomic E-state index is -4.42. The van der Waals surface area contributed by atoms with E-state index in [1.807, 2.05) is 4.90 Å². The standard InChI is InChI=1S/C17H21F3N2O/c18-17(19,20)14-6-3-5-12(10-14)16(23)22-9-2-1-4-13-11-21-8-7-15(13)22/h3,5-6,10,13,15,21H,1-2,4,7-9,11H2/t13-,15+/m0/s1. The number of halogens is 3. The molecule has 2 heterocycles. The Kier molecular flexibility index (Phi) is 4.62. The Hall–Kier alpha value is -1.56. The van der Waals surface area contributed by atoms with Gasteiger partial charge in [0.05, 0.1) is 5.56 Å². The first-order valence-electron chi connectivity index (χ1n) is 8.16. The van der Waals surface area contributed by atoms with Gasteiger partial charge in [-0.3, -0.25) is 4.79 Å². The molecule has 2 fully saturated rings. The van der Waals surface area contributed by atoms with Gasteiger partial charge in [-0.25, -0.2) is 0 Å². The van der Waals surface area contributed by atoms with Crippen molar-refractivity contribution in [3.05, 3.63) is 35.4 Å². The monoisotopic (exact) mass is 326 g/mol. The molecule has 2 aliphatic rings. The molecule has 0 aromatic heterocycles. The summed E-state index contributed by atoms with van der Waals surface area (Å²) in [7, 11) is 0.